The number of phenolic OH excluding ortho intramolecular Hbond substituents is 1. The summed E-state index contributed by atoms with van der Waals surface area (Å²) >= 11 is 0. The normalized spacial score (nSPS) is 33.6. The van der Waals surface area contributed by atoms with Crippen molar-refractivity contribution in [3.8, 4) is 5.75 Å². The Kier molecular flexibility index (Phi) is 5.74. The largest absolute Gasteiger partial charge is 0.508 e. The monoisotopic (exact) mass is 313 g/mol. The van der Waals surface area contributed by atoms with Gasteiger partial charge in [0, 0.05) is 6.04 Å². The highest BCUT2D eigenvalue weighted by Gasteiger charge is 2.43. The second-order valence-electron chi connectivity index (χ2n) is 5.54. The van der Waals surface area contributed by atoms with Crippen LogP contribution in [0.15, 0.2) is 24.3 Å². The van der Waals surface area contributed by atoms with Crippen LogP contribution in [0.2, 0.25) is 0 Å². The summed E-state index contributed by atoms with van der Waals surface area (Å²) in [4.78, 5) is 0. The molecule has 1 fully saturated rings. The first-order valence-electron chi connectivity index (χ1n) is 7.24. The zero-order valence-electron chi connectivity index (χ0n) is 12.3. The molecule has 1 saturated heterocycles. The fraction of sp³-hybridized carbons (Fsp3) is 0.600. The Labute approximate surface area is 128 Å². The maximum atomic E-state index is 10.1. The lowest BCUT2D eigenvalue weighted by Crippen LogP contribution is -2.58. The zero-order valence-corrected chi connectivity index (χ0v) is 12.3. The topological polar surface area (TPSA) is 122 Å². The van der Waals surface area contributed by atoms with Gasteiger partial charge < -0.3 is 35.6 Å². The lowest BCUT2D eigenvalue weighted by Gasteiger charge is -2.41. The van der Waals surface area contributed by atoms with Gasteiger partial charge in [0.25, 0.3) is 0 Å². The predicted molar refractivity (Wildman–Crippen MR) is 78.3 cm³/mol. The van der Waals surface area contributed by atoms with Crippen molar-refractivity contribution in [1.82, 2.24) is 5.32 Å². The first-order chi connectivity index (χ1) is 10.5. The third-order valence-electron chi connectivity index (χ3n) is 4.10. The van der Waals surface area contributed by atoms with Crippen molar-refractivity contribution < 1.29 is 30.3 Å². The van der Waals surface area contributed by atoms with E-state index in [4.69, 9.17) is 4.74 Å². The van der Waals surface area contributed by atoms with Gasteiger partial charge in [-0.1, -0.05) is 12.1 Å². The Morgan fingerprint density at radius 3 is 2.18 bits per heavy atom. The minimum Gasteiger partial charge on any atom is -0.508 e. The zero-order chi connectivity index (χ0) is 16.3. The number of aliphatic hydroxyl groups excluding tert-OH is 4. The molecule has 0 radical (unpaired) electrons. The van der Waals surface area contributed by atoms with E-state index in [0.717, 1.165) is 5.56 Å². The van der Waals surface area contributed by atoms with Crippen LogP contribution in [0.1, 0.15) is 18.0 Å². The van der Waals surface area contributed by atoms with Crippen molar-refractivity contribution in [2.75, 3.05) is 13.7 Å². The molecule has 0 aromatic heterocycles. The second-order valence-corrected chi connectivity index (χ2v) is 5.54. The lowest BCUT2D eigenvalue weighted by molar-refractivity contribution is -0.231. The van der Waals surface area contributed by atoms with Crippen molar-refractivity contribution in [3.63, 3.8) is 0 Å². The number of ether oxygens (including phenoxy) is 1. The molecule has 1 aliphatic rings. The van der Waals surface area contributed by atoms with Crippen LogP contribution >= 0.6 is 0 Å². The second kappa shape index (κ2) is 7.36. The molecule has 0 amide bonds. The minimum absolute atomic E-state index is 0.159. The summed E-state index contributed by atoms with van der Waals surface area (Å²) < 4.78 is 5.51. The number of benzene rings is 1. The van der Waals surface area contributed by atoms with Crippen LogP contribution in [0.5, 0.6) is 5.75 Å². The van der Waals surface area contributed by atoms with E-state index in [1.807, 2.05) is 0 Å². The van der Waals surface area contributed by atoms with E-state index in [9.17, 15) is 25.5 Å². The standard InChI is InChI=1S/C15H23NO6/c1-16-10(8-2-4-9(18)5-3-8)6-11-13(19)15(21)14(20)12(7-17)22-11/h2-5,10-21H,6-7H2,1H3/t10?,11?,12-,13-,14-,15-/m1/s1. The highest BCUT2D eigenvalue weighted by atomic mass is 16.5. The number of rotatable bonds is 5. The molecule has 1 heterocycles. The highest BCUT2D eigenvalue weighted by molar-refractivity contribution is 5.28. The summed E-state index contributed by atoms with van der Waals surface area (Å²) in [6.07, 6.45) is -5.26. The maximum Gasteiger partial charge on any atom is 0.115 e. The first kappa shape index (κ1) is 17.1. The van der Waals surface area contributed by atoms with E-state index in [2.05, 4.69) is 5.32 Å². The average molecular weight is 313 g/mol. The van der Waals surface area contributed by atoms with Crippen LogP contribution < -0.4 is 5.32 Å². The third kappa shape index (κ3) is 3.57. The summed E-state index contributed by atoms with van der Waals surface area (Å²) in [5.74, 6) is 0.159. The number of hydrogen-bond donors (Lipinski definition) is 6. The van der Waals surface area contributed by atoms with E-state index in [1.165, 1.54) is 0 Å². The molecule has 7 heteroatoms. The van der Waals surface area contributed by atoms with E-state index < -0.39 is 37.1 Å². The van der Waals surface area contributed by atoms with E-state index >= 15 is 0 Å². The molecule has 0 saturated carbocycles. The van der Waals surface area contributed by atoms with Gasteiger partial charge in [-0.05, 0) is 31.2 Å². The van der Waals surface area contributed by atoms with E-state index in [1.54, 1.807) is 31.3 Å². The lowest BCUT2D eigenvalue weighted by atomic mass is 9.90. The van der Waals surface area contributed by atoms with Crippen molar-refractivity contribution >= 4 is 0 Å². The van der Waals surface area contributed by atoms with Gasteiger partial charge in [0.1, 0.15) is 30.2 Å². The Hall–Kier alpha value is -1.22. The number of hydrogen-bond acceptors (Lipinski definition) is 7. The van der Waals surface area contributed by atoms with Gasteiger partial charge in [0.15, 0.2) is 0 Å². The van der Waals surface area contributed by atoms with E-state index in [0.29, 0.717) is 6.42 Å². The number of nitrogens with one attached hydrogen (secondary N) is 1. The van der Waals surface area contributed by atoms with Crippen molar-refractivity contribution in [2.24, 2.45) is 0 Å². The molecule has 6 atom stereocenters. The van der Waals surface area contributed by atoms with Gasteiger partial charge in [0.2, 0.25) is 0 Å². The summed E-state index contributed by atoms with van der Waals surface area (Å²) in [6, 6.07) is 6.45. The van der Waals surface area contributed by atoms with Crippen molar-refractivity contribution in [2.45, 2.75) is 43.0 Å². The molecule has 0 spiro atoms. The average Bonchev–Trinajstić information content (AvgIpc) is 2.53. The first-order valence-corrected chi connectivity index (χ1v) is 7.24. The minimum atomic E-state index is -1.37. The highest BCUT2D eigenvalue weighted by Crippen LogP contribution is 2.28. The Morgan fingerprint density at radius 2 is 1.64 bits per heavy atom. The molecule has 0 aliphatic carbocycles. The van der Waals surface area contributed by atoms with Gasteiger partial charge in [-0.2, -0.15) is 0 Å². The van der Waals surface area contributed by atoms with Crippen LogP contribution in [-0.4, -0.2) is 69.7 Å². The van der Waals surface area contributed by atoms with Crippen molar-refractivity contribution in [1.29, 1.82) is 0 Å². The fourth-order valence-electron chi connectivity index (χ4n) is 2.73. The van der Waals surface area contributed by atoms with Crippen LogP contribution in [0, 0.1) is 0 Å². The molecule has 6 N–H and O–H groups in total. The molecule has 2 unspecified atom stereocenters. The smallest absolute Gasteiger partial charge is 0.115 e. The molecule has 0 bridgehead atoms. The Morgan fingerprint density at radius 1 is 1.05 bits per heavy atom. The Balaban J connectivity index is 2.10. The summed E-state index contributed by atoms with van der Waals surface area (Å²) in [5, 5.41) is 51.3. The molecule has 1 aromatic carbocycles. The molecular weight excluding hydrogens is 290 g/mol. The fourth-order valence-corrected chi connectivity index (χ4v) is 2.73. The molecule has 2 rings (SSSR count). The molecular formula is C15H23NO6. The van der Waals surface area contributed by atoms with E-state index in [-0.39, 0.29) is 11.8 Å². The molecule has 124 valence electrons. The van der Waals surface area contributed by atoms with Gasteiger partial charge >= 0.3 is 0 Å². The summed E-state index contributed by atoms with van der Waals surface area (Å²) in [5.41, 5.74) is 0.886. The molecule has 22 heavy (non-hydrogen) atoms. The number of aliphatic hydroxyl groups is 4. The Bertz CT molecular complexity index is 466. The summed E-state index contributed by atoms with van der Waals surface area (Å²) in [6.45, 7) is -0.440. The summed E-state index contributed by atoms with van der Waals surface area (Å²) in [7, 11) is 1.75. The van der Waals surface area contributed by atoms with Crippen LogP contribution in [0.25, 0.3) is 0 Å². The van der Waals surface area contributed by atoms with Crippen LogP contribution in [-0.2, 0) is 4.74 Å². The third-order valence-corrected chi connectivity index (χ3v) is 4.10. The molecule has 1 aromatic rings. The molecule has 1 aliphatic heterocycles. The molecule has 7 nitrogen and oxygen atoms in total. The van der Waals surface area contributed by atoms with Crippen LogP contribution in [0.4, 0.5) is 0 Å². The van der Waals surface area contributed by atoms with Gasteiger partial charge in [0.05, 0.1) is 12.7 Å². The number of aromatic hydroxyl groups is 1. The SMILES string of the molecule is CNC(CC1O[C@H](CO)[C@@H](O)[C@H](O)[C@@H]1O)c1ccc(O)cc1. The maximum absolute atomic E-state index is 10.1. The van der Waals surface area contributed by atoms with Crippen LogP contribution in [0.3, 0.4) is 0 Å². The van der Waals surface area contributed by atoms with Gasteiger partial charge in [-0.15, -0.1) is 0 Å². The van der Waals surface area contributed by atoms with Gasteiger partial charge in [-0.3, -0.25) is 0 Å². The quantitative estimate of drug-likeness (QED) is 0.407. The predicted octanol–water partition coefficient (Wildman–Crippen LogP) is -1.11. The number of phenols is 1. The van der Waals surface area contributed by atoms with Crippen molar-refractivity contribution in [3.05, 3.63) is 29.8 Å². The van der Waals surface area contributed by atoms with Gasteiger partial charge in [-0.25, -0.2) is 0 Å².